The van der Waals surface area contributed by atoms with Crippen molar-refractivity contribution < 1.29 is 19.2 Å². The molecule has 2 rings (SSSR count). The maximum absolute atomic E-state index is 11.9. The topological polar surface area (TPSA) is 68.3 Å². The summed E-state index contributed by atoms with van der Waals surface area (Å²) < 4.78 is 0. The van der Waals surface area contributed by atoms with Crippen LogP contribution in [0.3, 0.4) is 0 Å². The zero-order valence-corrected chi connectivity index (χ0v) is 9.23. The van der Waals surface area contributed by atoms with Crippen molar-refractivity contribution in [3.8, 4) is 0 Å². The van der Waals surface area contributed by atoms with Crippen LogP contribution in [0.1, 0.15) is 34.1 Å². The van der Waals surface area contributed by atoms with E-state index in [9.17, 15) is 19.2 Å². The molecule has 86 valence electrons. The van der Waals surface area contributed by atoms with Crippen molar-refractivity contribution in [2.75, 3.05) is 0 Å². The molecule has 0 bridgehead atoms. The molecule has 0 atom stereocenters. The highest BCUT2D eigenvalue weighted by atomic mass is 16.2. The summed E-state index contributed by atoms with van der Waals surface area (Å²) in [4.78, 5) is 46.3. The average Bonchev–Trinajstić information content (AvgIpc) is 2.51. The predicted molar refractivity (Wildman–Crippen MR) is 58.9 cm³/mol. The van der Waals surface area contributed by atoms with Crippen LogP contribution < -0.4 is 0 Å². The average molecular weight is 230 g/mol. The van der Waals surface area contributed by atoms with E-state index in [1.165, 1.54) is 19.1 Å². The third-order valence-corrected chi connectivity index (χ3v) is 2.73. The van der Waals surface area contributed by atoms with Crippen molar-refractivity contribution in [2.24, 2.45) is 5.92 Å². The Labute approximate surface area is 97.6 Å². The van der Waals surface area contributed by atoms with E-state index in [4.69, 9.17) is 0 Å². The van der Waals surface area contributed by atoms with Crippen molar-refractivity contribution in [1.29, 1.82) is 0 Å². The summed E-state index contributed by atoms with van der Waals surface area (Å²) in [6.45, 7) is 1.26. The van der Waals surface area contributed by atoms with Gasteiger partial charge in [-0.15, -0.1) is 0 Å². The molecule has 1 aliphatic carbocycles. The summed E-state index contributed by atoms with van der Waals surface area (Å²) in [5.74, 6) is -3.24. The first-order valence-electron chi connectivity index (χ1n) is 5.22. The molecule has 0 saturated heterocycles. The molecule has 0 aromatic heterocycles. The second-order valence-electron chi connectivity index (χ2n) is 4.05. The smallest absolute Gasteiger partial charge is 0.181 e. The van der Waals surface area contributed by atoms with E-state index in [2.05, 4.69) is 0 Å². The molecule has 1 aromatic carbocycles. The molecule has 1 aliphatic rings. The van der Waals surface area contributed by atoms with Crippen LogP contribution in [0.15, 0.2) is 24.3 Å². The molecule has 0 N–H and O–H groups in total. The van der Waals surface area contributed by atoms with Gasteiger partial charge in [0.05, 0.1) is 6.42 Å². The van der Waals surface area contributed by atoms with E-state index < -0.39 is 23.3 Å². The number of benzene rings is 1. The molecule has 0 spiro atoms. The third kappa shape index (κ3) is 1.82. The van der Waals surface area contributed by atoms with Gasteiger partial charge in [-0.05, 0) is 6.92 Å². The summed E-state index contributed by atoms with van der Waals surface area (Å²) in [5, 5.41) is 0. The van der Waals surface area contributed by atoms with Crippen molar-refractivity contribution in [2.45, 2.75) is 13.3 Å². The van der Waals surface area contributed by atoms with Crippen molar-refractivity contribution in [1.82, 2.24) is 0 Å². The highest BCUT2D eigenvalue weighted by Gasteiger charge is 2.42. The normalized spacial score (nSPS) is 14.9. The Morgan fingerprint density at radius 3 is 1.94 bits per heavy atom. The molecule has 0 radical (unpaired) electrons. The van der Waals surface area contributed by atoms with Crippen molar-refractivity contribution in [3.63, 3.8) is 0 Å². The second-order valence-corrected chi connectivity index (χ2v) is 4.05. The van der Waals surface area contributed by atoms with E-state index in [1.807, 2.05) is 0 Å². The minimum atomic E-state index is -1.31. The minimum absolute atomic E-state index is 0.277. The minimum Gasteiger partial charge on any atom is -0.300 e. The Hall–Kier alpha value is -2.10. The third-order valence-electron chi connectivity index (χ3n) is 2.73. The fourth-order valence-corrected chi connectivity index (χ4v) is 1.98. The van der Waals surface area contributed by atoms with E-state index >= 15 is 0 Å². The van der Waals surface area contributed by atoms with Gasteiger partial charge in [-0.1, -0.05) is 24.3 Å². The largest absolute Gasteiger partial charge is 0.300 e. The van der Waals surface area contributed by atoms with Crippen LogP contribution in [0.4, 0.5) is 0 Å². The number of Topliss-reactive ketones (excluding diaryl/α,β-unsaturated/α-hetero) is 4. The molecule has 1 aromatic rings. The lowest BCUT2D eigenvalue weighted by molar-refractivity contribution is -0.126. The number of hydrogen-bond donors (Lipinski definition) is 0. The summed E-state index contributed by atoms with van der Waals surface area (Å²) >= 11 is 0. The van der Waals surface area contributed by atoms with Crippen molar-refractivity contribution >= 4 is 23.1 Å². The van der Waals surface area contributed by atoms with Gasteiger partial charge < -0.3 is 0 Å². The molecular weight excluding hydrogens is 220 g/mol. The Morgan fingerprint density at radius 1 is 1.06 bits per heavy atom. The van der Waals surface area contributed by atoms with Gasteiger partial charge in [0.1, 0.15) is 11.7 Å². The first kappa shape index (κ1) is 11.4. The van der Waals surface area contributed by atoms with Gasteiger partial charge in [-0.3, -0.25) is 19.2 Å². The van der Waals surface area contributed by atoms with Gasteiger partial charge >= 0.3 is 0 Å². The number of fused-ring (bicyclic) bond motifs is 1. The van der Waals surface area contributed by atoms with Crippen LogP contribution in [-0.2, 0) is 9.59 Å². The monoisotopic (exact) mass is 230 g/mol. The van der Waals surface area contributed by atoms with Crippen LogP contribution in [0.5, 0.6) is 0 Å². The summed E-state index contributed by atoms with van der Waals surface area (Å²) in [7, 11) is 0. The standard InChI is InChI=1S/C13H10O4/c1-7(14)6-10(15)11-12(16)8-4-2-3-5-9(8)13(11)17/h2-5,11H,6H2,1H3. The first-order valence-corrected chi connectivity index (χ1v) is 5.22. The number of hydrogen-bond acceptors (Lipinski definition) is 4. The Balaban J connectivity index is 2.36. The van der Waals surface area contributed by atoms with Crippen LogP contribution in [-0.4, -0.2) is 23.1 Å². The molecule has 0 aliphatic heterocycles. The van der Waals surface area contributed by atoms with E-state index in [-0.39, 0.29) is 23.3 Å². The molecule has 0 heterocycles. The van der Waals surface area contributed by atoms with Gasteiger partial charge in [0, 0.05) is 11.1 Å². The number of rotatable bonds is 3. The Bertz CT molecular complexity index is 507. The van der Waals surface area contributed by atoms with Gasteiger partial charge in [0.2, 0.25) is 0 Å². The second kappa shape index (κ2) is 4.05. The lowest BCUT2D eigenvalue weighted by Crippen LogP contribution is -2.26. The number of carbonyl (C=O) groups excluding carboxylic acids is 4. The lowest BCUT2D eigenvalue weighted by Gasteiger charge is -2.03. The van der Waals surface area contributed by atoms with E-state index in [0.717, 1.165) is 0 Å². The summed E-state index contributed by atoms with van der Waals surface area (Å²) in [6, 6.07) is 6.33. The highest BCUT2D eigenvalue weighted by molar-refractivity contribution is 6.36. The molecule has 4 nitrogen and oxygen atoms in total. The van der Waals surface area contributed by atoms with Crippen LogP contribution >= 0.6 is 0 Å². The summed E-state index contributed by atoms with van der Waals surface area (Å²) in [5.41, 5.74) is 0.554. The zero-order chi connectivity index (χ0) is 12.6. The lowest BCUT2D eigenvalue weighted by atomic mass is 9.95. The maximum atomic E-state index is 11.9. The van der Waals surface area contributed by atoms with Crippen LogP contribution in [0.25, 0.3) is 0 Å². The maximum Gasteiger partial charge on any atom is 0.181 e. The van der Waals surface area contributed by atoms with E-state index in [1.54, 1.807) is 12.1 Å². The molecule has 4 heteroatoms. The van der Waals surface area contributed by atoms with Crippen molar-refractivity contribution in [3.05, 3.63) is 35.4 Å². The number of ketones is 4. The molecule has 0 amide bonds. The van der Waals surface area contributed by atoms with Gasteiger partial charge in [0.25, 0.3) is 0 Å². The highest BCUT2D eigenvalue weighted by Crippen LogP contribution is 2.27. The van der Waals surface area contributed by atoms with Gasteiger partial charge in [-0.25, -0.2) is 0 Å². The van der Waals surface area contributed by atoms with Crippen LogP contribution in [0.2, 0.25) is 0 Å². The Morgan fingerprint density at radius 2 is 1.53 bits per heavy atom. The Kier molecular flexibility index (Phi) is 2.71. The van der Waals surface area contributed by atoms with Gasteiger partial charge in [0.15, 0.2) is 17.3 Å². The van der Waals surface area contributed by atoms with Crippen LogP contribution in [0, 0.1) is 5.92 Å². The SMILES string of the molecule is CC(=O)CC(=O)C1C(=O)c2ccccc2C1=O. The fourth-order valence-electron chi connectivity index (χ4n) is 1.98. The molecule has 17 heavy (non-hydrogen) atoms. The predicted octanol–water partition coefficient (Wildman–Crippen LogP) is 1.23. The van der Waals surface area contributed by atoms with E-state index in [0.29, 0.717) is 0 Å². The van der Waals surface area contributed by atoms with Gasteiger partial charge in [-0.2, -0.15) is 0 Å². The fraction of sp³-hybridized carbons (Fsp3) is 0.231. The summed E-state index contributed by atoms with van der Waals surface area (Å²) in [6.07, 6.45) is -0.365. The number of carbonyl (C=O) groups is 4. The molecule has 0 fully saturated rings. The molecule has 0 saturated carbocycles. The molecular formula is C13H10O4. The zero-order valence-electron chi connectivity index (χ0n) is 9.23. The molecule has 0 unspecified atom stereocenters. The quantitative estimate of drug-likeness (QED) is 0.732. The first-order chi connectivity index (χ1) is 8.02.